The van der Waals surface area contributed by atoms with Crippen LogP contribution < -0.4 is 4.74 Å². The number of rotatable bonds is 6. The molecule has 3 aromatic rings. The van der Waals surface area contributed by atoms with Crippen molar-refractivity contribution in [2.24, 2.45) is 0 Å². The van der Waals surface area contributed by atoms with Gasteiger partial charge in [-0.05, 0) is 70.9 Å². The van der Waals surface area contributed by atoms with Crippen LogP contribution in [0.5, 0.6) is 5.75 Å². The van der Waals surface area contributed by atoms with E-state index >= 15 is 0 Å². The molecule has 0 bridgehead atoms. The van der Waals surface area contributed by atoms with Crippen molar-refractivity contribution < 1.29 is 9.53 Å². The molecule has 30 heavy (non-hydrogen) atoms. The third-order valence-corrected chi connectivity index (χ3v) is 6.00. The summed E-state index contributed by atoms with van der Waals surface area (Å²) in [7, 11) is 0. The molecule has 0 radical (unpaired) electrons. The Hall–Kier alpha value is -2.73. The minimum atomic E-state index is 0.0522. The minimum Gasteiger partial charge on any atom is -0.494 e. The van der Waals surface area contributed by atoms with Gasteiger partial charge in [-0.1, -0.05) is 6.42 Å². The fourth-order valence-corrected chi connectivity index (χ4v) is 4.36. The van der Waals surface area contributed by atoms with Crippen LogP contribution >= 0.6 is 0 Å². The highest BCUT2D eigenvalue weighted by molar-refractivity contribution is 5.97. The van der Waals surface area contributed by atoms with Gasteiger partial charge in [0, 0.05) is 29.4 Å². The Morgan fingerprint density at radius 1 is 1.13 bits per heavy atom. The van der Waals surface area contributed by atoms with Crippen LogP contribution in [0.25, 0.3) is 16.9 Å². The van der Waals surface area contributed by atoms with Crippen LogP contribution in [0.15, 0.2) is 36.4 Å². The summed E-state index contributed by atoms with van der Waals surface area (Å²) in [6.07, 6.45) is 3.52. The molecular formula is C24H30N4O2. The second kappa shape index (κ2) is 8.56. The van der Waals surface area contributed by atoms with Crippen molar-refractivity contribution in [2.45, 2.75) is 59.0 Å². The summed E-state index contributed by atoms with van der Waals surface area (Å²) >= 11 is 0. The van der Waals surface area contributed by atoms with E-state index in [0.717, 1.165) is 35.5 Å². The Bertz CT molecular complexity index is 1030. The first-order chi connectivity index (χ1) is 14.5. The lowest BCUT2D eigenvalue weighted by Crippen LogP contribution is -2.46. The lowest BCUT2D eigenvalue weighted by molar-refractivity contribution is 0.0730. The zero-order valence-corrected chi connectivity index (χ0v) is 18.3. The van der Waals surface area contributed by atoms with Gasteiger partial charge in [0.25, 0.3) is 0 Å². The molecule has 1 saturated heterocycles. The number of hydrogen-bond acceptors (Lipinski definition) is 5. The SMILES string of the molecule is CCOc1ccc(-c2cc(C)nc3cc(C(=O)CN4C(C)CCCC4C)nn23)cc1. The lowest BCUT2D eigenvalue weighted by Gasteiger charge is -2.38. The van der Waals surface area contributed by atoms with Gasteiger partial charge >= 0.3 is 0 Å². The van der Waals surface area contributed by atoms with Crippen LogP contribution in [0.4, 0.5) is 0 Å². The van der Waals surface area contributed by atoms with Crippen LogP contribution in [0.3, 0.4) is 0 Å². The van der Waals surface area contributed by atoms with Crippen molar-refractivity contribution in [3.8, 4) is 17.0 Å². The molecule has 3 heterocycles. The third-order valence-electron chi connectivity index (χ3n) is 6.00. The fourth-order valence-electron chi connectivity index (χ4n) is 4.36. The van der Waals surface area contributed by atoms with Crippen LogP contribution in [0.1, 0.15) is 56.2 Å². The largest absolute Gasteiger partial charge is 0.494 e. The lowest BCUT2D eigenvalue weighted by atomic mass is 9.97. The smallest absolute Gasteiger partial charge is 0.197 e. The second-order valence-corrected chi connectivity index (χ2v) is 8.26. The second-order valence-electron chi connectivity index (χ2n) is 8.26. The number of aryl methyl sites for hydroxylation is 1. The van der Waals surface area contributed by atoms with Crippen LogP contribution in [-0.4, -0.2) is 50.5 Å². The highest BCUT2D eigenvalue weighted by Crippen LogP contribution is 2.25. The van der Waals surface area contributed by atoms with Crippen LogP contribution in [-0.2, 0) is 0 Å². The summed E-state index contributed by atoms with van der Waals surface area (Å²) in [5, 5.41) is 4.65. The summed E-state index contributed by atoms with van der Waals surface area (Å²) in [4.78, 5) is 20.0. The highest BCUT2D eigenvalue weighted by Gasteiger charge is 2.27. The molecule has 1 aliphatic heterocycles. The molecule has 158 valence electrons. The number of benzene rings is 1. The molecule has 2 aromatic heterocycles. The number of ether oxygens (including phenoxy) is 1. The summed E-state index contributed by atoms with van der Waals surface area (Å²) in [5.74, 6) is 0.890. The molecule has 6 nitrogen and oxygen atoms in total. The van der Waals surface area contributed by atoms with Gasteiger partial charge in [0.15, 0.2) is 11.4 Å². The predicted molar refractivity (Wildman–Crippen MR) is 118 cm³/mol. The molecule has 1 aliphatic rings. The van der Waals surface area contributed by atoms with Crippen molar-refractivity contribution in [1.29, 1.82) is 0 Å². The number of carbonyl (C=O) groups is 1. The van der Waals surface area contributed by atoms with E-state index < -0.39 is 0 Å². The molecule has 1 aromatic carbocycles. The van der Waals surface area contributed by atoms with Gasteiger partial charge < -0.3 is 4.74 Å². The topological polar surface area (TPSA) is 59.7 Å². The van der Waals surface area contributed by atoms with Gasteiger partial charge in [-0.3, -0.25) is 9.69 Å². The standard InChI is InChI=1S/C24H30N4O2/c1-5-30-20-11-9-19(10-12-20)22-13-16(2)25-24-14-21(26-28(22)24)23(29)15-27-17(3)7-6-8-18(27)4/h9-14,17-18H,5-8,15H2,1-4H3. The Morgan fingerprint density at radius 2 is 1.83 bits per heavy atom. The average molecular weight is 407 g/mol. The Kier molecular flexibility index (Phi) is 5.86. The maximum Gasteiger partial charge on any atom is 0.197 e. The van der Waals surface area contributed by atoms with Crippen LogP contribution in [0.2, 0.25) is 0 Å². The maximum absolute atomic E-state index is 13.1. The number of carbonyl (C=O) groups excluding carboxylic acids is 1. The molecule has 0 saturated carbocycles. The molecule has 4 rings (SSSR count). The first-order valence-electron chi connectivity index (χ1n) is 10.9. The Morgan fingerprint density at radius 3 is 2.50 bits per heavy atom. The van der Waals surface area contributed by atoms with Crippen molar-refractivity contribution in [3.63, 3.8) is 0 Å². The first-order valence-corrected chi connectivity index (χ1v) is 10.9. The van der Waals surface area contributed by atoms with Gasteiger partial charge in [0.05, 0.1) is 18.8 Å². The van der Waals surface area contributed by atoms with Gasteiger partial charge in [-0.15, -0.1) is 0 Å². The van der Waals surface area contributed by atoms with Crippen molar-refractivity contribution in [1.82, 2.24) is 19.5 Å². The molecule has 2 unspecified atom stereocenters. The summed E-state index contributed by atoms with van der Waals surface area (Å²) in [6.45, 7) is 9.39. The monoisotopic (exact) mass is 406 g/mol. The molecule has 6 heteroatoms. The number of likely N-dealkylation sites (tertiary alicyclic amines) is 1. The summed E-state index contributed by atoms with van der Waals surface area (Å²) in [5.41, 5.74) is 3.99. The number of aromatic nitrogens is 3. The number of piperidine rings is 1. The Labute approximate surface area is 177 Å². The molecule has 0 spiro atoms. The number of ketones is 1. The molecule has 0 amide bonds. The van der Waals surface area contributed by atoms with E-state index in [4.69, 9.17) is 4.74 Å². The van der Waals surface area contributed by atoms with E-state index in [0.29, 0.717) is 36.6 Å². The van der Waals surface area contributed by atoms with E-state index in [2.05, 4.69) is 28.8 Å². The average Bonchev–Trinajstić information content (AvgIpc) is 3.15. The van der Waals surface area contributed by atoms with Crippen molar-refractivity contribution in [3.05, 3.63) is 47.8 Å². The van der Waals surface area contributed by atoms with Gasteiger partial charge in [0.1, 0.15) is 11.4 Å². The number of nitrogens with zero attached hydrogens (tertiary/aromatic N) is 4. The predicted octanol–water partition coefficient (Wildman–Crippen LogP) is 4.55. The fraction of sp³-hybridized carbons (Fsp3) is 0.458. The van der Waals surface area contributed by atoms with Crippen LogP contribution in [0, 0.1) is 6.92 Å². The van der Waals surface area contributed by atoms with Crippen molar-refractivity contribution in [2.75, 3.05) is 13.2 Å². The van der Waals surface area contributed by atoms with E-state index in [9.17, 15) is 4.79 Å². The number of Topliss-reactive ketones (excluding diaryl/α,β-unsaturated/α-hetero) is 1. The first kappa shape index (κ1) is 20.5. The molecule has 0 N–H and O–H groups in total. The van der Waals surface area contributed by atoms with Gasteiger partial charge in [-0.2, -0.15) is 5.10 Å². The zero-order valence-electron chi connectivity index (χ0n) is 18.3. The van der Waals surface area contributed by atoms with Gasteiger partial charge in [-0.25, -0.2) is 9.50 Å². The van der Waals surface area contributed by atoms with E-state index in [1.807, 2.05) is 50.2 Å². The molecular weight excluding hydrogens is 376 g/mol. The highest BCUT2D eigenvalue weighted by atomic mass is 16.5. The minimum absolute atomic E-state index is 0.0522. The maximum atomic E-state index is 13.1. The quantitative estimate of drug-likeness (QED) is 0.562. The van der Waals surface area contributed by atoms with E-state index in [1.165, 1.54) is 6.42 Å². The van der Waals surface area contributed by atoms with E-state index in [1.54, 1.807) is 4.52 Å². The summed E-state index contributed by atoms with van der Waals surface area (Å²) < 4.78 is 7.33. The van der Waals surface area contributed by atoms with Gasteiger partial charge in [0.2, 0.25) is 0 Å². The summed E-state index contributed by atoms with van der Waals surface area (Å²) in [6, 6.07) is 12.6. The third kappa shape index (κ3) is 4.10. The molecule has 0 aliphatic carbocycles. The molecule has 2 atom stereocenters. The van der Waals surface area contributed by atoms with Crippen molar-refractivity contribution >= 4 is 11.4 Å². The molecule has 1 fully saturated rings. The normalized spacial score (nSPS) is 19.9. The number of hydrogen-bond donors (Lipinski definition) is 0. The van der Waals surface area contributed by atoms with E-state index in [-0.39, 0.29) is 5.78 Å². The zero-order chi connectivity index (χ0) is 21.3. The number of fused-ring (bicyclic) bond motifs is 1. The Balaban J connectivity index is 1.65.